The zero-order valence-corrected chi connectivity index (χ0v) is 12.9. The van der Waals surface area contributed by atoms with E-state index >= 15 is 0 Å². The van der Waals surface area contributed by atoms with Crippen molar-refractivity contribution in [3.63, 3.8) is 0 Å². The third-order valence-electron chi connectivity index (χ3n) is 3.57. The van der Waals surface area contributed by atoms with Crippen molar-refractivity contribution in [1.82, 2.24) is 0 Å². The van der Waals surface area contributed by atoms with Gasteiger partial charge in [0.15, 0.2) is 17.1 Å². The molecule has 0 bridgehead atoms. The summed E-state index contributed by atoms with van der Waals surface area (Å²) in [4.78, 5) is 24.0. The van der Waals surface area contributed by atoms with E-state index in [9.17, 15) is 14.7 Å². The van der Waals surface area contributed by atoms with E-state index in [1.165, 1.54) is 20.3 Å². The molecule has 2 aromatic carbocycles. The van der Waals surface area contributed by atoms with Crippen molar-refractivity contribution in [3.8, 4) is 11.5 Å². The lowest BCUT2D eigenvalue weighted by atomic mass is 9.98. The van der Waals surface area contributed by atoms with Crippen molar-refractivity contribution < 1.29 is 28.2 Å². The van der Waals surface area contributed by atoms with E-state index in [0.29, 0.717) is 5.56 Å². The molecule has 1 unspecified atom stereocenters. The molecule has 0 spiro atoms. The van der Waals surface area contributed by atoms with E-state index in [4.69, 9.17) is 18.3 Å². The Morgan fingerprint density at radius 3 is 2.38 bits per heavy atom. The second-order valence-corrected chi connectivity index (χ2v) is 4.95. The smallest absolute Gasteiger partial charge is 0.492 e. The highest BCUT2D eigenvalue weighted by Crippen LogP contribution is 2.40. The number of rotatable bonds is 5. The largest absolute Gasteiger partial charge is 0.519 e. The lowest BCUT2D eigenvalue weighted by Gasteiger charge is -2.15. The Morgan fingerprint density at radius 1 is 1.08 bits per heavy atom. The van der Waals surface area contributed by atoms with Crippen LogP contribution in [0.15, 0.2) is 50.0 Å². The Morgan fingerprint density at radius 2 is 1.75 bits per heavy atom. The summed E-state index contributed by atoms with van der Waals surface area (Å²) in [7, 11) is 2.68. The van der Waals surface area contributed by atoms with Gasteiger partial charge in [0.05, 0.1) is 19.8 Å². The molecule has 3 aromatic rings. The maximum Gasteiger partial charge on any atom is 0.519 e. The van der Waals surface area contributed by atoms with Crippen molar-refractivity contribution in [1.29, 1.82) is 0 Å². The van der Waals surface area contributed by atoms with Crippen LogP contribution in [0.5, 0.6) is 11.5 Å². The number of methoxy groups -OCH3 is 2. The molecule has 0 aliphatic carbocycles. The fraction of sp³-hybridized carbons (Fsp3) is 0.176. The summed E-state index contributed by atoms with van der Waals surface area (Å²) >= 11 is 0. The monoisotopic (exact) mass is 330 g/mol. The number of Topliss-reactive ketones (excluding diaryl/α,β-unsaturated/α-hetero) is 1. The number of carbonyl (C=O) groups is 1. The predicted molar refractivity (Wildman–Crippen MR) is 83.6 cm³/mol. The molecule has 0 amide bonds. The van der Waals surface area contributed by atoms with Crippen LogP contribution >= 0.6 is 0 Å². The summed E-state index contributed by atoms with van der Waals surface area (Å²) in [6.07, 6.45) is -1.40. The number of aliphatic hydroxyl groups excluding tert-OH is 1. The first-order valence-electron chi connectivity index (χ1n) is 7.02. The zero-order chi connectivity index (χ0) is 17.3. The van der Waals surface area contributed by atoms with Crippen molar-refractivity contribution in [2.45, 2.75) is 6.10 Å². The van der Waals surface area contributed by atoms with Crippen LogP contribution in [-0.2, 0) is 0 Å². The number of benzene rings is 2. The molecule has 7 heteroatoms. The molecular weight excluding hydrogens is 316 g/mol. The Balaban J connectivity index is 2.17. The highest BCUT2D eigenvalue weighted by molar-refractivity contribution is 6.06. The SMILES string of the molecule is COc1c(C(=O)C(O)c2ccccc2)cc2oc(=O)oc2c1OC. The topological polar surface area (TPSA) is 99.1 Å². The first-order chi connectivity index (χ1) is 11.6. The van der Waals surface area contributed by atoms with Crippen LogP contribution in [0.3, 0.4) is 0 Å². The van der Waals surface area contributed by atoms with Crippen molar-refractivity contribution in [2.24, 2.45) is 0 Å². The number of carbonyl (C=O) groups excluding carboxylic acids is 1. The van der Waals surface area contributed by atoms with Gasteiger partial charge in [-0.1, -0.05) is 30.3 Å². The van der Waals surface area contributed by atoms with E-state index in [-0.39, 0.29) is 28.2 Å². The minimum Gasteiger partial charge on any atom is -0.492 e. The number of aliphatic hydroxyl groups is 1. The average molecular weight is 330 g/mol. The maximum atomic E-state index is 12.7. The number of fused-ring (bicyclic) bond motifs is 1. The van der Waals surface area contributed by atoms with Gasteiger partial charge in [-0.2, -0.15) is 0 Å². The fourth-order valence-corrected chi connectivity index (χ4v) is 2.47. The fourth-order valence-electron chi connectivity index (χ4n) is 2.47. The molecule has 1 heterocycles. The van der Waals surface area contributed by atoms with E-state index in [1.807, 2.05) is 0 Å². The summed E-state index contributed by atoms with van der Waals surface area (Å²) < 4.78 is 20.2. The number of ketones is 1. The average Bonchev–Trinajstić information content (AvgIpc) is 2.99. The number of ether oxygens (including phenoxy) is 2. The van der Waals surface area contributed by atoms with Gasteiger partial charge in [0.25, 0.3) is 0 Å². The molecule has 0 fully saturated rings. The van der Waals surface area contributed by atoms with Crippen LogP contribution < -0.4 is 15.3 Å². The molecule has 0 saturated carbocycles. The summed E-state index contributed by atoms with van der Waals surface area (Å²) in [5, 5.41) is 10.3. The predicted octanol–water partition coefficient (Wildman–Crippen LogP) is 2.32. The lowest BCUT2D eigenvalue weighted by Crippen LogP contribution is -2.14. The minimum atomic E-state index is -1.40. The molecular formula is C17H14O7. The summed E-state index contributed by atoms with van der Waals surface area (Å²) in [6.45, 7) is 0. The van der Waals surface area contributed by atoms with E-state index in [2.05, 4.69) is 0 Å². The lowest BCUT2D eigenvalue weighted by molar-refractivity contribution is 0.0743. The highest BCUT2D eigenvalue weighted by atomic mass is 16.6. The summed E-state index contributed by atoms with van der Waals surface area (Å²) in [5.74, 6) is -1.46. The Hall–Kier alpha value is -3.06. The summed E-state index contributed by atoms with van der Waals surface area (Å²) in [6, 6.07) is 9.74. The molecule has 0 saturated heterocycles. The van der Waals surface area contributed by atoms with Gasteiger partial charge in [0, 0.05) is 0 Å². The van der Waals surface area contributed by atoms with Gasteiger partial charge in [0.1, 0.15) is 6.10 Å². The van der Waals surface area contributed by atoms with Gasteiger partial charge in [0.2, 0.25) is 11.3 Å². The zero-order valence-electron chi connectivity index (χ0n) is 12.9. The molecule has 1 aromatic heterocycles. The first kappa shape index (κ1) is 15.8. The molecule has 3 rings (SSSR count). The van der Waals surface area contributed by atoms with Crippen molar-refractivity contribution in [2.75, 3.05) is 14.2 Å². The molecule has 7 nitrogen and oxygen atoms in total. The number of hydrogen-bond donors (Lipinski definition) is 1. The number of hydrogen-bond acceptors (Lipinski definition) is 7. The van der Waals surface area contributed by atoms with Gasteiger partial charge in [-0.3, -0.25) is 4.79 Å². The van der Waals surface area contributed by atoms with Crippen LogP contribution in [0.25, 0.3) is 11.2 Å². The normalized spacial score (nSPS) is 12.1. The van der Waals surface area contributed by atoms with E-state index in [1.54, 1.807) is 30.3 Å². The minimum absolute atomic E-state index is 0.0164. The van der Waals surface area contributed by atoms with Gasteiger partial charge in [-0.05, 0) is 11.6 Å². The Labute approximate surface area is 136 Å². The molecule has 124 valence electrons. The van der Waals surface area contributed by atoms with Crippen LogP contribution in [0.2, 0.25) is 0 Å². The highest BCUT2D eigenvalue weighted by Gasteiger charge is 2.28. The standard InChI is InChI=1S/C17H14O7/c1-21-14-10(13(19)12(18)9-6-4-3-5-7-9)8-11-15(16(14)22-2)24-17(20)23-11/h3-8,12,18H,1-2H3. The van der Waals surface area contributed by atoms with Crippen LogP contribution in [-0.4, -0.2) is 25.1 Å². The van der Waals surface area contributed by atoms with Crippen LogP contribution in [0, 0.1) is 0 Å². The van der Waals surface area contributed by atoms with Gasteiger partial charge >= 0.3 is 5.82 Å². The van der Waals surface area contributed by atoms with Gasteiger partial charge in [-0.15, -0.1) is 0 Å². The maximum absolute atomic E-state index is 12.7. The van der Waals surface area contributed by atoms with Crippen molar-refractivity contribution >= 4 is 16.9 Å². The first-order valence-corrected chi connectivity index (χ1v) is 7.02. The molecule has 0 aliphatic rings. The molecule has 24 heavy (non-hydrogen) atoms. The van der Waals surface area contributed by atoms with Gasteiger partial charge < -0.3 is 23.4 Å². The van der Waals surface area contributed by atoms with Crippen molar-refractivity contribution in [3.05, 3.63) is 58.1 Å². The molecule has 1 N–H and O–H groups in total. The second-order valence-electron chi connectivity index (χ2n) is 4.95. The summed E-state index contributed by atoms with van der Waals surface area (Å²) in [5.41, 5.74) is 0.506. The van der Waals surface area contributed by atoms with Crippen LogP contribution in [0.4, 0.5) is 0 Å². The molecule has 0 radical (unpaired) electrons. The van der Waals surface area contributed by atoms with Crippen LogP contribution in [0.1, 0.15) is 22.0 Å². The van der Waals surface area contributed by atoms with Gasteiger partial charge in [-0.25, -0.2) is 4.79 Å². The quantitative estimate of drug-likeness (QED) is 0.717. The van der Waals surface area contributed by atoms with E-state index in [0.717, 1.165) is 0 Å². The molecule has 1 atom stereocenters. The third kappa shape index (κ3) is 2.55. The van der Waals surface area contributed by atoms with E-state index < -0.39 is 17.7 Å². The Bertz CT molecular complexity index is 937. The second kappa shape index (κ2) is 6.21. The molecule has 0 aliphatic heterocycles. The third-order valence-corrected chi connectivity index (χ3v) is 3.57. The Kier molecular flexibility index (Phi) is 4.09.